The standard InChI is InChI=1S/C67H118O6/c1-4-7-10-13-16-19-22-25-28-30-31-32-33-34-35-36-37-38-40-42-45-48-51-54-57-60-66(69)72-63-64(62-71-65(68)59-56-53-50-47-44-41-27-24-21-18-15-12-9-6-3)73-67(70)61-58-55-52-49-46-43-39-29-26-23-20-17-14-11-8-5-2/h7,10,16,19,24-25,27-28,31-32,34-35,64H,4-6,8-9,11-15,17-18,20-23,26,29-30,33,36-63H2,1-3H3/b10-7-,19-16-,27-24-,28-25-,32-31-,35-34-. The zero-order valence-electron chi connectivity index (χ0n) is 48.4. The number of hydrogen-bond acceptors (Lipinski definition) is 6. The predicted molar refractivity (Wildman–Crippen MR) is 316 cm³/mol. The molecule has 0 aromatic heterocycles. The Morgan fingerprint density at radius 1 is 0.288 bits per heavy atom. The van der Waals surface area contributed by atoms with Crippen molar-refractivity contribution in [2.24, 2.45) is 0 Å². The summed E-state index contributed by atoms with van der Waals surface area (Å²) < 4.78 is 16.9. The Kier molecular flexibility index (Phi) is 58.7. The Labute approximate surface area is 453 Å². The Morgan fingerprint density at radius 3 is 0.849 bits per heavy atom. The van der Waals surface area contributed by atoms with Crippen molar-refractivity contribution in [3.63, 3.8) is 0 Å². The molecule has 0 spiro atoms. The molecule has 422 valence electrons. The highest BCUT2D eigenvalue weighted by atomic mass is 16.6. The van der Waals surface area contributed by atoms with Gasteiger partial charge < -0.3 is 14.2 Å². The molecule has 1 atom stereocenters. The van der Waals surface area contributed by atoms with E-state index in [1.807, 2.05) is 0 Å². The second kappa shape index (κ2) is 61.4. The molecule has 0 fully saturated rings. The third-order valence-electron chi connectivity index (χ3n) is 13.7. The minimum Gasteiger partial charge on any atom is -0.462 e. The van der Waals surface area contributed by atoms with E-state index in [1.54, 1.807) is 0 Å². The highest BCUT2D eigenvalue weighted by molar-refractivity contribution is 5.71. The quantitative estimate of drug-likeness (QED) is 0.0261. The number of hydrogen-bond donors (Lipinski definition) is 0. The molecule has 0 aromatic carbocycles. The first-order valence-corrected chi connectivity index (χ1v) is 31.4. The van der Waals surface area contributed by atoms with Crippen LogP contribution >= 0.6 is 0 Å². The second-order valence-electron chi connectivity index (χ2n) is 20.9. The average molecular weight is 1020 g/mol. The van der Waals surface area contributed by atoms with Gasteiger partial charge in [-0.05, 0) is 89.9 Å². The van der Waals surface area contributed by atoms with Gasteiger partial charge in [0.1, 0.15) is 13.2 Å². The fourth-order valence-electron chi connectivity index (χ4n) is 9.00. The van der Waals surface area contributed by atoms with E-state index in [0.717, 1.165) is 103 Å². The van der Waals surface area contributed by atoms with Crippen LogP contribution in [0, 0.1) is 0 Å². The summed E-state index contributed by atoms with van der Waals surface area (Å²) in [5.41, 5.74) is 0. The van der Waals surface area contributed by atoms with E-state index in [-0.39, 0.29) is 31.1 Å². The summed E-state index contributed by atoms with van der Waals surface area (Å²) in [7, 11) is 0. The van der Waals surface area contributed by atoms with Gasteiger partial charge in [0.2, 0.25) is 0 Å². The van der Waals surface area contributed by atoms with Crippen molar-refractivity contribution >= 4 is 17.9 Å². The Bertz CT molecular complexity index is 1360. The maximum absolute atomic E-state index is 12.9. The molecule has 0 aromatic rings. The maximum Gasteiger partial charge on any atom is 0.306 e. The van der Waals surface area contributed by atoms with E-state index in [9.17, 15) is 14.4 Å². The summed E-state index contributed by atoms with van der Waals surface area (Å²) in [6.45, 7) is 6.54. The summed E-state index contributed by atoms with van der Waals surface area (Å²) in [6.07, 6.45) is 79.0. The number of rotatable bonds is 57. The monoisotopic (exact) mass is 1020 g/mol. The lowest BCUT2D eigenvalue weighted by molar-refractivity contribution is -0.167. The molecule has 0 saturated heterocycles. The number of allylic oxidation sites excluding steroid dienone is 12. The summed E-state index contributed by atoms with van der Waals surface area (Å²) in [5, 5.41) is 0. The molecule has 6 heteroatoms. The summed E-state index contributed by atoms with van der Waals surface area (Å²) >= 11 is 0. The van der Waals surface area contributed by atoms with Crippen LogP contribution in [0.2, 0.25) is 0 Å². The van der Waals surface area contributed by atoms with Gasteiger partial charge in [0.15, 0.2) is 6.10 Å². The van der Waals surface area contributed by atoms with E-state index < -0.39 is 6.10 Å². The molecule has 0 heterocycles. The van der Waals surface area contributed by atoms with Gasteiger partial charge in [0.05, 0.1) is 0 Å². The van der Waals surface area contributed by atoms with Crippen LogP contribution in [0.25, 0.3) is 0 Å². The van der Waals surface area contributed by atoms with Gasteiger partial charge >= 0.3 is 17.9 Å². The first-order chi connectivity index (χ1) is 36.0. The SMILES string of the molecule is CC/C=C\C/C=C\C/C=C\C/C=C\C/C=C\CCCCCCCCCCCC(=O)OCC(COC(=O)CCCCCCC/C=C\CCCCCCC)OC(=O)CCCCCCCCCCCCCCCCCC. The van der Waals surface area contributed by atoms with Gasteiger partial charge in [-0.25, -0.2) is 0 Å². The second-order valence-corrected chi connectivity index (χ2v) is 20.9. The molecule has 0 radical (unpaired) electrons. The number of ether oxygens (including phenoxy) is 3. The molecule has 0 aliphatic rings. The zero-order valence-corrected chi connectivity index (χ0v) is 48.4. The molecule has 0 amide bonds. The van der Waals surface area contributed by atoms with Gasteiger partial charge in [-0.2, -0.15) is 0 Å². The van der Waals surface area contributed by atoms with Crippen molar-refractivity contribution in [1.29, 1.82) is 0 Å². The number of carbonyl (C=O) groups is 3. The smallest absolute Gasteiger partial charge is 0.306 e. The van der Waals surface area contributed by atoms with Crippen LogP contribution in [-0.4, -0.2) is 37.2 Å². The van der Waals surface area contributed by atoms with Gasteiger partial charge in [-0.1, -0.05) is 280 Å². The van der Waals surface area contributed by atoms with Crippen molar-refractivity contribution < 1.29 is 28.6 Å². The fraction of sp³-hybridized carbons (Fsp3) is 0.776. The van der Waals surface area contributed by atoms with Crippen LogP contribution in [0.15, 0.2) is 72.9 Å². The van der Waals surface area contributed by atoms with Crippen molar-refractivity contribution in [3.05, 3.63) is 72.9 Å². The summed E-state index contributed by atoms with van der Waals surface area (Å²) in [4.78, 5) is 38.3. The van der Waals surface area contributed by atoms with Gasteiger partial charge in [-0.15, -0.1) is 0 Å². The molecular weight excluding hydrogens is 901 g/mol. The lowest BCUT2D eigenvalue weighted by Crippen LogP contribution is -2.30. The van der Waals surface area contributed by atoms with E-state index in [2.05, 4.69) is 93.7 Å². The molecule has 0 rings (SSSR count). The van der Waals surface area contributed by atoms with Gasteiger partial charge in [-0.3, -0.25) is 14.4 Å². The zero-order chi connectivity index (χ0) is 52.9. The molecule has 73 heavy (non-hydrogen) atoms. The molecule has 0 N–H and O–H groups in total. The normalized spacial score (nSPS) is 12.5. The maximum atomic E-state index is 12.9. The summed E-state index contributed by atoms with van der Waals surface area (Å²) in [5.74, 6) is -0.876. The van der Waals surface area contributed by atoms with Crippen LogP contribution in [-0.2, 0) is 28.6 Å². The number of unbranched alkanes of at least 4 members (excludes halogenated alkanes) is 34. The lowest BCUT2D eigenvalue weighted by Gasteiger charge is -2.18. The summed E-state index contributed by atoms with van der Waals surface area (Å²) in [6, 6.07) is 0. The molecule has 0 bridgehead atoms. The highest BCUT2D eigenvalue weighted by Gasteiger charge is 2.19. The topological polar surface area (TPSA) is 78.9 Å². The molecule has 6 nitrogen and oxygen atoms in total. The van der Waals surface area contributed by atoms with E-state index in [4.69, 9.17) is 14.2 Å². The van der Waals surface area contributed by atoms with Crippen LogP contribution in [0.3, 0.4) is 0 Å². The first-order valence-electron chi connectivity index (χ1n) is 31.4. The Balaban J connectivity index is 4.32. The predicted octanol–water partition coefficient (Wildman–Crippen LogP) is 21.3. The van der Waals surface area contributed by atoms with Gasteiger partial charge in [0.25, 0.3) is 0 Å². The molecule has 0 aliphatic carbocycles. The number of esters is 3. The van der Waals surface area contributed by atoms with Crippen LogP contribution in [0.4, 0.5) is 0 Å². The van der Waals surface area contributed by atoms with Crippen LogP contribution < -0.4 is 0 Å². The fourth-order valence-corrected chi connectivity index (χ4v) is 9.00. The first kappa shape index (κ1) is 69.8. The molecule has 1 unspecified atom stereocenters. The third kappa shape index (κ3) is 59.6. The Hall–Kier alpha value is -3.15. The van der Waals surface area contributed by atoms with Crippen molar-refractivity contribution in [1.82, 2.24) is 0 Å². The largest absolute Gasteiger partial charge is 0.462 e. The molecular formula is C67H118O6. The minimum atomic E-state index is -0.780. The van der Waals surface area contributed by atoms with E-state index in [1.165, 1.54) is 173 Å². The minimum absolute atomic E-state index is 0.0782. The molecule has 0 aliphatic heterocycles. The Morgan fingerprint density at radius 2 is 0.534 bits per heavy atom. The van der Waals surface area contributed by atoms with Crippen LogP contribution in [0.5, 0.6) is 0 Å². The van der Waals surface area contributed by atoms with Gasteiger partial charge in [0, 0.05) is 19.3 Å². The van der Waals surface area contributed by atoms with E-state index >= 15 is 0 Å². The highest BCUT2D eigenvalue weighted by Crippen LogP contribution is 2.17. The lowest BCUT2D eigenvalue weighted by atomic mass is 10.0. The number of carbonyl (C=O) groups excluding carboxylic acids is 3. The van der Waals surface area contributed by atoms with Crippen LogP contribution in [0.1, 0.15) is 316 Å². The van der Waals surface area contributed by atoms with Crippen molar-refractivity contribution in [2.75, 3.05) is 13.2 Å². The van der Waals surface area contributed by atoms with Crippen molar-refractivity contribution in [2.45, 2.75) is 322 Å². The molecule has 0 saturated carbocycles. The van der Waals surface area contributed by atoms with E-state index in [0.29, 0.717) is 19.3 Å². The average Bonchev–Trinajstić information content (AvgIpc) is 3.39. The van der Waals surface area contributed by atoms with Crippen molar-refractivity contribution in [3.8, 4) is 0 Å². The third-order valence-corrected chi connectivity index (χ3v) is 13.7.